The Labute approximate surface area is 126 Å². The van der Waals surface area contributed by atoms with E-state index in [0.717, 1.165) is 32.7 Å². The molecule has 0 aromatic heterocycles. The van der Waals surface area contributed by atoms with Crippen LogP contribution in [-0.4, -0.2) is 79.4 Å². The molecule has 0 spiro atoms. The van der Waals surface area contributed by atoms with Crippen molar-refractivity contribution in [3.63, 3.8) is 0 Å². The lowest BCUT2D eigenvalue weighted by Gasteiger charge is -2.36. The average Bonchev–Trinajstić information content (AvgIpc) is 2.47. The van der Waals surface area contributed by atoms with E-state index in [1.807, 2.05) is 7.05 Å². The zero-order chi connectivity index (χ0) is 14.7. The first-order valence-electron chi connectivity index (χ1n) is 8.16. The summed E-state index contributed by atoms with van der Waals surface area (Å²) in [6.07, 6.45) is 4.39. The number of likely N-dealkylation sites (N-methyl/N-ethyl adjacent to an activating group) is 1. The van der Waals surface area contributed by atoms with Crippen molar-refractivity contribution in [2.75, 3.05) is 46.4 Å². The number of hydrogen-bond acceptors (Lipinski definition) is 6. The first-order valence-corrected chi connectivity index (χ1v) is 8.16. The van der Waals surface area contributed by atoms with Crippen molar-refractivity contribution in [2.24, 2.45) is 11.1 Å². The van der Waals surface area contributed by atoms with Crippen molar-refractivity contribution in [2.45, 2.75) is 37.9 Å². The van der Waals surface area contributed by atoms with E-state index in [-0.39, 0.29) is 18.1 Å². The number of β-amino-alcohol motifs (C(OH)–C–C–N with tert-alkyl or cyclic N) is 1. The number of oxime groups is 1. The predicted octanol–water partition coefficient (Wildman–Crippen LogP) is 0.514. The van der Waals surface area contributed by atoms with E-state index in [0.29, 0.717) is 18.9 Å². The zero-order valence-electron chi connectivity index (χ0n) is 12.9. The molecule has 1 unspecified atom stereocenters. The van der Waals surface area contributed by atoms with Crippen molar-refractivity contribution in [1.82, 2.24) is 9.80 Å². The maximum atomic E-state index is 9.91. The van der Waals surface area contributed by atoms with Crippen LogP contribution in [0, 0.1) is 5.92 Å². The van der Waals surface area contributed by atoms with Crippen molar-refractivity contribution in [3.05, 3.63) is 0 Å². The summed E-state index contributed by atoms with van der Waals surface area (Å²) in [5.74, 6) is 0.816. The summed E-state index contributed by atoms with van der Waals surface area (Å²) < 4.78 is 6.07. The van der Waals surface area contributed by atoms with Gasteiger partial charge in [-0.2, -0.15) is 0 Å². The lowest BCUT2D eigenvalue weighted by atomic mass is 9.96. The molecule has 21 heavy (non-hydrogen) atoms. The van der Waals surface area contributed by atoms with Crippen molar-refractivity contribution in [1.29, 1.82) is 0 Å². The molecule has 6 heteroatoms. The van der Waals surface area contributed by atoms with Crippen LogP contribution in [0.1, 0.15) is 25.7 Å². The molecule has 0 aromatic rings. The fraction of sp³-hybridized carbons (Fsp3) is 0.933. The zero-order valence-corrected chi connectivity index (χ0v) is 12.9. The lowest BCUT2D eigenvalue weighted by molar-refractivity contribution is -0.0228. The summed E-state index contributed by atoms with van der Waals surface area (Å²) in [6.45, 7) is 5.38. The lowest BCUT2D eigenvalue weighted by Crippen LogP contribution is -2.47. The van der Waals surface area contributed by atoms with Gasteiger partial charge >= 0.3 is 0 Å². The quantitative estimate of drug-likeness (QED) is 0.823. The Morgan fingerprint density at radius 2 is 2.05 bits per heavy atom. The molecule has 0 radical (unpaired) electrons. The van der Waals surface area contributed by atoms with Crippen molar-refractivity contribution in [3.8, 4) is 0 Å². The highest BCUT2D eigenvalue weighted by Crippen LogP contribution is 2.21. The molecule has 3 aliphatic heterocycles. The van der Waals surface area contributed by atoms with E-state index >= 15 is 0 Å². The molecule has 2 saturated heterocycles. The molecule has 0 saturated carbocycles. The highest BCUT2D eigenvalue weighted by Gasteiger charge is 2.33. The Bertz CT molecular complexity index is 361. The van der Waals surface area contributed by atoms with Gasteiger partial charge in [-0.25, -0.2) is 0 Å². The second-order valence-corrected chi connectivity index (χ2v) is 6.63. The molecule has 3 atom stereocenters. The molecule has 3 rings (SSSR count). The normalized spacial score (nSPS) is 35.7. The molecular weight excluding hydrogens is 270 g/mol. The molecule has 3 aliphatic rings. The Hall–Kier alpha value is -0.850. The Morgan fingerprint density at radius 1 is 1.24 bits per heavy atom. The highest BCUT2D eigenvalue weighted by molar-refractivity contribution is 5.79. The second-order valence-electron chi connectivity index (χ2n) is 6.63. The molecule has 3 heterocycles. The van der Waals surface area contributed by atoms with Gasteiger partial charge in [0.05, 0.1) is 12.0 Å². The smallest absolute Gasteiger partial charge is 0.230 e. The number of nitrogens with zero attached hydrogens (tertiary/aromatic N) is 3. The van der Waals surface area contributed by atoms with Gasteiger partial charge in [0, 0.05) is 19.6 Å². The number of aliphatic hydroxyl groups is 1. The van der Waals surface area contributed by atoms with Crippen LogP contribution in [0.15, 0.2) is 5.16 Å². The molecular formula is C15H27N3O3. The number of hydrogen-bond donors (Lipinski definition) is 1. The summed E-state index contributed by atoms with van der Waals surface area (Å²) in [5.41, 5.74) is 0. The van der Waals surface area contributed by atoms with Gasteiger partial charge in [-0.3, -0.25) is 4.90 Å². The summed E-state index contributed by atoms with van der Waals surface area (Å²) in [6, 6.07) is 0. The van der Waals surface area contributed by atoms with Gasteiger partial charge < -0.3 is 19.6 Å². The second kappa shape index (κ2) is 6.94. The standard InChI is InChI=1S/C15H27N3O3/c1-17-8-12(7-13(19)9-17)15-16-20-11-14(21-15)10-18-5-3-2-4-6-18/h12-14,19H,2-11H2,1H3/t12-,13-,14?/m0/s1. The van der Waals surface area contributed by atoms with Crippen LogP contribution in [0.3, 0.4) is 0 Å². The van der Waals surface area contributed by atoms with Gasteiger partial charge in [-0.05, 0) is 39.4 Å². The molecule has 120 valence electrons. The summed E-state index contributed by atoms with van der Waals surface area (Å²) >= 11 is 0. The molecule has 0 aliphatic carbocycles. The fourth-order valence-electron chi connectivity index (χ4n) is 3.57. The first-order chi connectivity index (χ1) is 10.2. The van der Waals surface area contributed by atoms with E-state index in [9.17, 15) is 5.11 Å². The van der Waals surface area contributed by atoms with Crippen LogP contribution < -0.4 is 0 Å². The number of likely N-dealkylation sites (tertiary alicyclic amines) is 2. The van der Waals surface area contributed by atoms with Gasteiger partial charge in [-0.15, -0.1) is 0 Å². The van der Waals surface area contributed by atoms with E-state index in [4.69, 9.17) is 9.57 Å². The maximum Gasteiger partial charge on any atom is 0.230 e. The minimum Gasteiger partial charge on any atom is -0.470 e. The number of rotatable bonds is 3. The van der Waals surface area contributed by atoms with E-state index in [2.05, 4.69) is 15.0 Å². The van der Waals surface area contributed by atoms with Crippen LogP contribution >= 0.6 is 0 Å². The van der Waals surface area contributed by atoms with Crippen LogP contribution in [0.5, 0.6) is 0 Å². The first kappa shape index (κ1) is 15.1. The highest BCUT2D eigenvalue weighted by atomic mass is 16.7. The van der Waals surface area contributed by atoms with Gasteiger partial charge in [0.25, 0.3) is 0 Å². The van der Waals surface area contributed by atoms with E-state index < -0.39 is 0 Å². The van der Waals surface area contributed by atoms with Crippen LogP contribution in [-0.2, 0) is 9.57 Å². The third kappa shape index (κ3) is 4.08. The van der Waals surface area contributed by atoms with Gasteiger partial charge in [0.2, 0.25) is 5.90 Å². The van der Waals surface area contributed by atoms with Gasteiger partial charge in [0.15, 0.2) is 6.61 Å². The summed E-state index contributed by atoms with van der Waals surface area (Å²) in [4.78, 5) is 9.98. The number of piperidine rings is 2. The minimum atomic E-state index is -0.303. The third-order valence-electron chi connectivity index (χ3n) is 4.57. The van der Waals surface area contributed by atoms with E-state index in [1.54, 1.807) is 0 Å². The molecule has 6 nitrogen and oxygen atoms in total. The molecule has 2 fully saturated rings. The third-order valence-corrected chi connectivity index (χ3v) is 4.57. The van der Waals surface area contributed by atoms with Crippen molar-refractivity contribution < 1.29 is 14.7 Å². The molecule has 0 aromatic carbocycles. The Morgan fingerprint density at radius 3 is 2.81 bits per heavy atom. The topological polar surface area (TPSA) is 57.5 Å². The number of aliphatic hydroxyl groups excluding tert-OH is 1. The Kier molecular flexibility index (Phi) is 4.98. The summed E-state index contributed by atoms with van der Waals surface area (Å²) in [5, 5.41) is 14.0. The van der Waals surface area contributed by atoms with Crippen LogP contribution in [0.2, 0.25) is 0 Å². The monoisotopic (exact) mass is 297 g/mol. The van der Waals surface area contributed by atoms with Crippen LogP contribution in [0.25, 0.3) is 0 Å². The minimum absolute atomic E-state index is 0.0694. The van der Waals surface area contributed by atoms with Crippen LogP contribution in [0.4, 0.5) is 0 Å². The SMILES string of the molecule is CN1C[C@@H](O)C[C@H](C2=NOCC(CN3CCCCC3)O2)C1. The van der Waals surface area contributed by atoms with E-state index in [1.165, 1.54) is 19.3 Å². The van der Waals surface area contributed by atoms with Gasteiger partial charge in [0.1, 0.15) is 6.10 Å². The molecule has 1 N–H and O–H groups in total. The fourth-order valence-corrected chi connectivity index (χ4v) is 3.57. The van der Waals surface area contributed by atoms with Gasteiger partial charge in [-0.1, -0.05) is 11.6 Å². The molecule has 0 bridgehead atoms. The summed E-state index contributed by atoms with van der Waals surface area (Å²) in [7, 11) is 2.02. The average molecular weight is 297 g/mol. The Balaban J connectivity index is 1.53. The molecule has 0 amide bonds. The maximum absolute atomic E-state index is 9.91. The number of ether oxygens (including phenoxy) is 1. The largest absolute Gasteiger partial charge is 0.470 e. The predicted molar refractivity (Wildman–Crippen MR) is 80.2 cm³/mol. The van der Waals surface area contributed by atoms with Crippen molar-refractivity contribution >= 4 is 5.90 Å².